The lowest BCUT2D eigenvalue weighted by Gasteiger charge is -2.13. The third-order valence-corrected chi connectivity index (χ3v) is 4.59. The Hall–Kier alpha value is -1.33. The summed E-state index contributed by atoms with van der Waals surface area (Å²) in [6.45, 7) is 0.651. The van der Waals surface area contributed by atoms with E-state index in [2.05, 4.69) is 27.3 Å². The number of carbonyl (C=O) groups is 1. The van der Waals surface area contributed by atoms with Gasteiger partial charge in [0.05, 0.1) is 3.79 Å². The quantitative estimate of drug-likeness (QED) is 0.892. The van der Waals surface area contributed by atoms with Crippen LogP contribution in [0.4, 0.5) is 5.69 Å². The van der Waals surface area contributed by atoms with Gasteiger partial charge in [0.15, 0.2) is 0 Å². The van der Waals surface area contributed by atoms with Crippen molar-refractivity contribution in [3.63, 3.8) is 0 Å². The highest BCUT2D eigenvalue weighted by atomic mass is 79.9. The summed E-state index contributed by atoms with van der Waals surface area (Å²) in [5, 5.41) is 2.96. The van der Waals surface area contributed by atoms with Gasteiger partial charge < -0.3 is 10.2 Å². The molecule has 1 aromatic heterocycles. The van der Waals surface area contributed by atoms with Gasteiger partial charge in [-0.15, -0.1) is 11.3 Å². The van der Waals surface area contributed by atoms with E-state index >= 15 is 0 Å². The monoisotopic (exact) mass is 352 g/mol. The standard InChI is InChI=1S/C15H17BrN2OS/c1-18(2)12-5-3-4-11(10-12)15(19)17-9-8-13-6-7-14(16)20-13/h3-7,10H,8-9H2,1-2H3,(H,17,19). The first-order valence-corrected chi connectivity index (χ1v) is 7.97. The predicted octanol–water partition coefficient (Wildman–Crippen LogP) is 3.55. The SMILES string of the molecule is CN(C)c1cccc(C(=O)NCCc2ccc(Br)s2)c1. The van der Waals surface area contributed by atoms with E-state index in [0.29, 0.717) is 12.1 Å². The summed E-state index contributed by atoms with van der Waals surface area (Å²) in [6, 6.07) is 11.7. The van der Waals surface area contributed by atoms with Crippen molar-refractivity contribution in [2.75, 3.05) is 25.5 Å². The van der Waals surface area contributed by atoms with E-state index in [4.69, 9.17) is 0 Å². The number of hydrogen-bond donors (Lipinski definition) is 1. The summed E-state index contributed by atoms with van der Waals surface area (Å²) in [4.78, 5) is 15.3. The predicted molar refractivity (Wildman–Crippen MR) is 88.8 cm³/mol. The van der Waals surface area contributed by atoms with Gasteiger partial charge in [-0.25, -0.2) is 0 Å². The molecule has 106 valence electrons. The molecule has 2 aromatic rings. The van der Waals surface area contributed by atoms with Gasteiger partial charge in [-0.05, 0) is 52.7 Å². The molecular formula is C15H17BrN2OS. The molecule has 0 spiro atoms. The van der Waals surface area contributed by atoms with Crippen molar-refractivity contribution in [1.82, 2.24) is 5.32 Å². The van der Waals surface area contributed by atoms with Crippen LogP contribution in [0.1, 0.15) is 15.2 Å². The molecule has 0 saturated carbocycles. The molecule has 0 atom stereocenters. The molecule has 3 nitrogen and oxygen atoms in total. The molecule has 1 heterocycles. The zero-order valence-electron chi connectivity index (χ0n) is 11.5. The molecule has 2 rings (SSSR count). The number of nitrogens with zero attached hydrogens (tertiary/aromatic N) is 1. The number of amides is 1. The first-order chi connectivity index (χ1) is 9.56. The molecule has 0 aliphatic carbocycles. The average Bonchev–Trinajstić information content (AvgIpc) is 2.84. The lowest BCUT2D eigenvalue weighted by atomic mass is 10.2. The van der Waals surface area contributed by atoms with Gasteiger partial charge in [0.2, 0.25) is 0 Å². The smallest absolute Gasteiger partial charge is 0.251 e. The minimum absolute atomic E-state index is 0.0238. The van der Waals surface area contributed by atoms with E-state index in [1.54, 1.807) is 11.3 Å². The van der Waals surface area contributed by atoms with E-state index in [9.17, 15) is 4.79 Å². The number of rotatable bonds is 5. The van der Waals surface area contributed by atoms with Crippen LogP contribution in [0.3, 0.4) is 0 Å². The van der Waals surface area contributed by atoms with Crippen molar-refractivity contribution in [2.24, 2.45) is 0 Å². The third kappa shape index (κ3) is 4.08. The second kappa shape index (κ2) is 6.90. The summed E-state index contributed by atoms with van der Waals surface area (Å²) in [5.41, 5.74) is 1.73. The van der Waals surface area contributed by atoms with E-state index in [1.807, 2.05) is 49.3 Å². The van der Waals surface area contributed by atoms with Crippen LogP contribution < -0.4 is 10.2 Å². The molecule has 0 aliphatic rings. The Morgan fingerprint density at radius 1 is 1.30 bits per heavy atom. The maximum absolute atomic E-state index is 12.1. The summed E-state index contributed by atoms with van der Waals surface area (Å²) in [5.74, 6) is -0.0238. The normalized spacial score (nSPS) is 10.3. The van der Waals surface area contributed by atoms with Crippen LogP contribution in [-0.2, 0) is 6.42 Å². The largest absolute Gasteiger partial charge is 0.378 e. The van der Waals surface area contributed by atoms with Crippen LogP contribution >= 0.6 is 27.3 Å². The number of halogens is 1. The summed E-state index contributed by atoms with van der Waals surface area (Å²) < 4.78 is 1.12. The van der Waals surface area contributed by atoms with Gasteiger partial charge >= 0.3 is 0 Å². The van der Waals surface area contributed by atoms with Crippen LogP contribution in [0.25, 0.3) is 0 Å². The first kappa shape index (κ1) is 15.1. The van der Waals surface area contributed by atoms with Crippen molar-refractivity contribution in [1.29, 1.82) is 0 Å². The highest BCUT2D eigenvalue weighted by Gasteiger charge is 2.07. The molecule has 0 unspecified atom stereocenters. The maximum atomic E-state index is 12.1. The fraction of sp³-hybridized carbons (Fsp3) is 0.267. The number of carbonyl (C=O) groups excluding carboxylic acids is 1. The number of anilines is 1. The number of benzene rings is 1. The average molecular weight is 353 g/mol. The molecule has 0 bridgehead atoms. The highest BCUT2D eigenvalue weighted by Crippen LogP contribution is 2.22. The van der Waals surface area contributed by atoms with Gasteiger partial charge in [0.25, 0.3) is 5.91 Å². The van der Waals surface area contributed by atoms with Gasteiger partial charge in [-0.1, -0.05) is 6.07 Å². The Labute approximate surface area is 131 Å². The zero-order chi connectivity index (χ0) is 14.5. The summed E-state index contributed by atoms with van der Waals surface area (Å²) in [6.07, 6.45) is 0.857. The van der Waals surface area contributed by atoms with Gasteiger partial charge in [0, 0.05) is 36.8 Å². The molecule has 5 heteroatoms. The fourth-order valence-electron chi connectivity index (χ4n) is 1.81. The van der Waals surface area contributed by atoms with Gasteiger partial charge in [-0.2, -0.15) is 0 Å². The van der Waals surface area contributed by atoms with E-state index < -0.39 is 0 Å². The Bertz CT molecular complexity index is 595. The minimum atomic E-state index is -0.0238. The number of hydrogen-bond acceptors (Lipinski definition) is 3. The second-order valence-corrected chi connectivity index (χ2v) is 7.20. The Morgan fingerprint density at radius 2 is 2.10 bits per heavy atom. The Balaban J connectivity index is 1.90. The van der Waals surface area contributed by atoms with Crippen molar-refractivity contribution >= 4 is 38.9 Å². The van der Waals surface area contributed by atoms with Crippen molar-refractivity contribution in [3.8, 4) is 0 Å². The third-order valence-electron chi connectivity index (χ3n) is 2.91. The molecule has 0 fully saturated rings. The van der Waals surface area contributed by atoms with E-state index in [0.717, 1.165) is 15.9 Å². The fourth-order valence-corrected chi connectivity index (χ4v) is 3.30. The minimum Gasteiger partial charge on any atom is -0.378 e. The maximum Gasteiger partial charge on any atom is 0.251 e. The van der Waals surface area contributed by atoms with Crippen LogP contribution in [0, 0.1) is 0 Å². The second-order valence-electron chi connectivity index (χ2n) is 4.66. The topological polar surface area (TPSA) is 32.3 Å². The molecule has 0 saturated heterocycles. The van der Waals surface area contributed by atoms with Crippen molar-refractivity contribution in [2.45, 2.75) is 6.42 Å². The highest BCUT2D eigenvalue weighted by molar-refractivity contribution is 9.11. The van der Waals surface area contributed by atoms with Crippen molar-refractivity contribution in [3.05, 3.63) is 50.6 Å². The summed E-state index contributed by atoms with van der Waals surface area (Å²) in [7, 11) is 3.93. The van der Waals surface area contributed by atoms with E-state index in [-0.39, 0.29) is 5.91 Å². The molecular weight excluding hydrogens is 336 g/mol. The Kier molecular flexibility index (Phi) is 5.20. The van der Waals surface area contributed by atoms with Crippen LogP contribution in [0.2, 0.25) is 0 Å². The molecule has 1 N–H and O–H groups in total. The lowest BCUT2D eigenvalue weighted by molar-refractivity contribution is 0.0954. The van der Waals surface area contributed by atoms with E-state index in [1.165, 1.54) is 4.88 Å². The van der Waals surface area contributed by atoms with Crippen LogP contribution in [-0.4, -0.2) is 26.5 Å². The zero-order valence-corrected chi connectivity index (χ0v) is 13.9. The molecule has 1 amide bonds. The molecule has 0 radical (unpaired) electrons. The number of thiophene rings is 1. The van der Waals surface area contributed by atoms with Crippen LogP contribution in [0.15, 0.2) is 40.2 Å². The lowest BCUT2D eigenvalue weighted by Crippen LogP contribution is -2.25. The first-order valence-electron chi connectivity index (χ1n) is 6.36. The molecule has 20 heavy (non-hydrogen) atoms. The number of nitrogens with one attached hydrogen (secondary N) is 1. The van der Waals surface area contributed by atoms with Crippen molar-refractivity contribution < 1.29 is 4.79 Å². The van der Waals surface area contributed by atoms with Gasteiger partial charge in [-0.3, -0.25) is 4.79 Å². The molecule has 1 aromatic carbocycles. The van der Waals surface area contributed by atoms with Gasteiger partial charge in [0.1, 0.15) is 0 Å². The Morgan fingerprint density at radius 3 is 2.75 bits per heavy atom. The molecule has 0 aliphatic heterocycles. The summed E-state index contributed by atoms with van der Waals surface area (Å²) >= 11 is 5.14. The van der Waals surface area contributed by atoms with Crippen LogP contribution in [0.5, 0.6) is 0 Å².